The van der Waals surface area contributed by atoms with E-state index in [0.29, 0.717) is 0 Å². The number of sulfonamides is 1. The van der Waals surface area contributed by atoms with Crippen LogP contribution in [0.1, 0.15) is 13.8 Å². The van der Waals surface area contributed by atoms with Gasteiger partial charge in [-0.25, -0.2) is 27.9 Å². The van der Waals surface area contributed by atoms with Gasteiger partial charge in [0.15, 0.2) is 5.78 Å². The summed E-state index contributed by atoms with van der Waals surface area (Å²) in [5.41, 5.74) is -1.52. The van der Waals surface area contributed by atoms with Crippen LogP contribution in [0.25, 0.3) is 0 Å². The number of nitrogens with zero attached hydrogens (tertiary/aromatic N) is 4. The van der Waals surface area contributed by atoms with Gasteiger partial charge in [0.1, 0.15) is 0 Å². The lowest BCUT2D eigenvalue weighted by molar-refractivity contribution is -0.150. The summed E-state index contributed by atoms with van der Waals surface area (Å²) >= 11 is 0. The lowest BCUT2D eigenvalue weighted by atomic mass is 9.99. The normalized spacial score (nSPS) is 13.7. The zero-order valence-electron chi connectivity index (χ0n) is 14.8. The topological polar surface area (TPSA) is 140 Å². The van der Waals surface area contributed by atoms with Gasteiger partial charge in [-0.3, -0.25) is 4.79 Å². The molecule has 1 N–H and O–H groups in total. The highest BCUT2D eigenvalue weighted by Gasteiger charge is 2.40. The van der Waals surface area contributed by atoms with E-state index in [1.54, 1.807) is 6.07 Å². The molecule has 27 heavy (non-hydrogen) atoms. The summed E-state index contributed by atoms with van der Waals surface area (Å²) in [6.07, 6.45) is 2.81. The van der Waals surface area contributed by atoms with Crippen LogP contribution in [-0.4, -0.2) is 42.8 Å². The maximum Gasteiger partial charge on any atom is 0.343 e. The number of ether oxygens (including phenoxy) is 1. The number of hydrogen-bond acceptors (Lipinski definition) is 9. The molecule has 0 radical (unpaired) electrons. The molecule has 1 heterocycles. The number of hydrogen-bond donors (Lipinski definition) is 1. The third kappa shape index (κ3) is 4.70. The molecule has 1 aromatic heterocycles. The standard InChI is InChI=1S/C16H17N5O5S/c1-11(22)16(2,14(23)26-3)21-19-12-5-7-13(8-6-12)27(24,25)20-15-17-9-4-10-18-15/h4-10H,1-3H3,(H,17,18,20). The van der Waals surface area contributed by atoms with E-state index < -0.39 is 27.3 Å². The van der Waals surface area contributed by atoms with Gasteiger partial charge >= 0.3 is 5.97 Å². The molecular formula is C16H17N5O5S. The third-order valence-corrected chi connectivity index (χ3v) is 4.92. The van der Waals surface area contributed by atoms with Gasteiger partial charge in [-0.2, -0.15) is 10.2 Å². The van der Waals surface area contributed by atoms with Crippen LogP contribution in [0, 0.1) is 0 Å². The van der Waals surface area contributed by atoms with Gasteiger partial charge in [-0.1, -0.05) is 0 Å². The highest BCUT2D eigenvalue weighted by atomic mass is 32.2. The van der Waals surface area contributed by atoms with Crippen LogP contribution in [0.2, 0.25) is 0 Å². The maximum absolute atomic E-state index is 12.3. The molecule has 0 aliphatic carbocycles. The van der Waals surface area contributed by atoms with Crippen molar-refractivity contribution >= 4 is 33.4 Å². The van der Waals surface area contributed by atoms with Crippen LogP contribution in [0.5, 0.6) is 0 Å². The van der Waals surface area contributed by atoms with Crippen LogP contribution in [0.3, 0.4) is 0 Å². The molecule has 2 aromatic rings. The number of benzene rings is 1. The summed E-state index contributed by atoms with van der Waals surface area (Å²) in [5.74, 6) is -1.44. The van der Waals surface area contributed by atoms with Crippen molar-refractivity contribution < 1.29 is 22.7 Å². The maximum atomic E-state index is 12.3. The molecule has 1 unspecified atom stereocenters. The van der Waals surface area contributed by atoms with E-state index in [-0.39, 0.29) is 16.5 Å². The smallest absolute Gasteiger partial charge is 0.343 e. The molecule has 0 aliphatic heterocycles. The predicted octanol–water partition coefficient (Wildman–Crippen LogP) is 1.88. The van der Waals surface area contributed by atoms with Crippen molar-refractivity contribution in [3.05, 3.63) is 42.7 Å². The molecule has 0 bridgehead atoms. The van der Waals surface area contributed by atoms with E-state index in [0.717, 1.165) is 7.11 Å². The van der Waals surface area contributed by atoms with Crippen molar-refractivity contribution in [2.75, 3.05) is 11.8 Å². The van der Waals surface area contributed by atoms with Crippen LogP contribution >= 0.6 is 0 Å². The van der Waals surface area contributed by atoms with Crippen LogP contribution in [0.4, 0.5) is 11.6 Å². The molecule has 1 aromatic carbocycles. The zero-order valence-corrected chi connectivity index (χ0v) is 15.6. The fourth-order valence-electron chi connectivity index (χ4n) is 1.83. The van der Waals surface area contributed by atoms with Crippen LogP contribution < -0.4 is 4.72 Å². The first kappa shape index (κ1) is 20.1. The van der Waals surface area contributed by atoms with Gasteiger partial charge in [0.05, 0.1) is 17.7 Å². The summed E-state index contributed by atoms with van der Waals surface area (Å²) in [6.45, 7) is 2.48. The number of rotatable bonds is 7. The minimum atomic E-state index is -3.88. The SMILES string of the molecule is COC(=O)C(C)(N=Nc1ccc(S(=O)(=O)Nc2ncccn2)cc1)C(C)=O. The molecule has 0 saturated heterocycles. The second-order valence-electron chi connectivity index (χ2n) is 5.49. The summed E-state index contributed by atoms with van der Waals surface area (Å²) < 4.78 is 31.4. The van der Waals surface area contributed by atoms with Crippen molar-refractivity contribution in [3.63, 3.8) is 0 Å². The van der Waals surface area contributed by atoms with E-state index in [4.69, 9.17) is 0 Å². The quantitative estimate of drug-likeness (QED) is 0.431. The Hall–Kier alpha value is -3.21. The van der Waals surface area contributed by atoms with Gasteiger partial charge < -0.3 is 4.74 Å². The number of methoxy groups -OCH3 is 1. The number of carbonyl (C=O) groups is 2. The first-order valence-corrected chi connectivity index (χ1v) is 9.09. The molecule has 0 saturated carbocycles. The molecule has 1 atom stereocenters. The zero-order chi connectivity index (χ0) is 20.1. The molecule has 0 spiro atoms. The number of azo groups is 1. The lowest BCUT2D eigenvalue weighted by Gasteiger charge is -2.16. The largest absolute Gasteiger partial charge is 0.467 e. The highest BCUT2D eigenvalue weighted by molar-refractivity contribution is 7.92. The first-order valence-electron chi connectivity index (χ1n) is 7.61. The summed E-state index contributed by atoms with van der Waals surface area (Å²) in [7, 11) is -2.74. The number of anilines is 1. The van der Waals surface area contributed by atoms with Gasteiger partial charge in [0.25, 0.3) is 10.0 Å². The third-order valence-electron chi connectivity index (χ3n) is 3.57. The Balaban J connectivity index is 2.22. The fourth-order valence-corrected chi connectivity index (χ4v) is 2.79. The Bertz CT molecular complexity index is 960. The van der Waals surface area contributed by atoms with Crippen molar-refractivity contribution in [2.45, 2.75) is 24.3 Å². The molecule has 10 nitrogen and oxygen atoms in total. The molecular weight excluding hydrogens is 374 g/mol. The van der Waals surface area contributed by atoms with Crippen LogP contribution in [-0.2, 0) is 24.3 Å². The van der Waals surface area contributed by atoms with E-state index in [1.165, 1.54) is 50.5 Å². The predicted molar refractivity (Wildman–Crippen MR) is 94.9 cm³/mol. The summed E-state index contributed by atoms with van der Waals surface area (Å²) in [5, 5.41) is 7.61. The van der Waals surface area contributed by atoms with E-state index in [9.17, 15) is 18.0 Å². The molecule has 142 valence electrons. The number of Topliss-reactive ketones (excluding diaryl/α,β-unsaturated/α-hetero) is 1. The number of esters is 1. The lowest BCUT2D eigenvalue weighted by Crippen LogP contribution is -2.41. The second kappa shape index (κ2) is 7.99. The molecule has 11 heteroatoms. The van der Waals surface area contributed by atoms with Gasteiger partial charge in [0.2, 0.25) is 11.5 Å². The monoisotopic (exact) mass is 391 g/mol. The minimum Gasteiger partial charge on any atom is -0.467 e. The number of nitrogens with one attached hydrogen (secondary N) is 1. The molecule has 0 amide bonds. The van der Waals surface area contributed by atoms with Gasteiger partial charge in [-0.05, 0) is 44.2 Å². The van der Waals surface area contributed by atoms with E-state index >= 15 is 0 Å². The number of ketones is 1. The van der Waals surface area contributed by atoms with Gasteiger partial charge in [0, 0.05) is 12.4 Å². The average molecular weight is 391 g/mol. The molecule has 2 rings (SSSR count). The molecule has 0 aliphatic rings. The Morgan fingerprint density at radius 3 is 2.26 bits per heavy atom. The Labute approximate surface area is 155 Å². The van der Waals surface area contributed by atoms with Crippen molar-refractivity contribution in [1.82, 2.24) is 9.97 Å². The Morgan fingerprint density at radius 2 is 1.74 bits per heavy atom. The number of carbonyl (C=O) groups excluding carboxylic acids is 2. The van der Waals surface area contributed by atoms with E-state index in [1.807, 2.05) is 0 Å². The summed E-state index contributed by atoms with van der Waals surface area (Å²) in [4.78, 5) is 31.0. The van der Waals surface area contributed by atoms with Crippen molar-refractivity contribution in [1.29, 1.82) is 0 Å². The molecule has 0 fully saturated rings. The summed E-state index contributed by atoms with van der Waals surface area (Å²) in [6, 6.07) is 6.90. The van der Waals surface area contributed by atoms with Crippen LogP contribution in [0.15, 0.2) is 57.8 Å². The van der Waals surface area contributed by atoms with E-state index in [2.05, 4.69) is 29.7 Å². The minimum absolute atomic E-state index is 0.0452. The first-order chi connectivity index (χ1) is 12.7. The Morgan fingerprint density at radius 1 is 1.15 bits per heavy atom. The number of aromatic nitrogens is 2. The van der Waals surface area contributed by atoms with Crippen molar-refractivity contribution in [2.24, 2.45) is 10.2 Å². The van der Waals surface area contributed by atoms with Gasteiger partial charge in [-0.15, -0.1) is 0 Å². The Kier molecular flexibility index (Phi) is 5.95. The fraction of sp³-hybridized carbons (Fsp3) is 0.250. The highest BCUT2D eigenvalue weighted by Crippen LogP contribution is 2.22. The second-order valence-corrected chi connectivity index (χ2v) is 7.17. The van der Waals surface area contributed by atoms with Crippen molar-refractivity contribution in [3.8, 4) is 0 Å². The average Bonchev–Trinajstić information content (AvgIpc) is 2.66.